The number of carbonyl (C=O) groups is 5. The topological polar surface area (TPSA) is 150 Å². The lowest BCUT2D eigenvalue weighted by Crippen LogP contribution is -2.33. The predicted molar refractivity (Wildman–Crippen MR) is 214 cm³/mol. The molecule has 0 aliphatic carbocycles. The minimum atomic E-state index is -1.26. The maximum Gasteiger partial charge on any atom is 0.343 e. The monoisotopic (exact) mass is 794 g/mol. The van der Waals surface area contributed by atoms with E-state index in [2.05, 4.69) is 13.8 Å². The van der Waals surface area contributed by atoms with Crippen LogP contribution in [-0.4, -0.2) is 68.3 Å². The number of ether oxygens (including phenoxy) is 7. The molecule has 0 amide bonds. The van der Waals surface area contributed by atoms with Gasteiger partial charge in [-0.3, -0.25) is 4.79 Å². The van der Waals surface area contributed by atoms with E-state index in [1.165, 1.54) is 61.4 Å². The fourth-order valence-electron chi connectivity index (χ4n) is 6.00. The molecule has 0 aromatic heterocycles. The largest absolute Gasteiger partial charge is 0.494 e. The highest BCUT2D eigenvalue weighted by molar-refractivity contribution is 5.93. The van der Waals surface area contributed by atoms with E-state index in [-0.39, 0.29) is 35.7 Å². The summed E-state index contributed by atoms with van der Waals surface area (Å²) in [5.74, 6) is -0.754. The van der Waals surface area contributed by atoms with Crippen LogP contribution in [0.1, 0.15) is 113 Å². The van der Waals surface area contributed by atoms with Crippen LogP contribution in [0, 0.1) is 0 Å². The van der Waals surface area contributed by atoms with E-state index < -0.39 is 42.2 Å². The first-order valence-electron chi connectivity index (χ1n) is 19.8. The Kier molecular flexibility index (Phi) is 16.8. The molecule has 306 valence electrons. The summed E-state index contributed by atoms with van der Waals surface area (Å²) in [6.07, 6.45) is 6.59. The Morgan fingerprint density at radius 2 is 0.983 bits per heavy atom. The Labute approximate surface area is 338 Å². The first-order valence-corrected chi connectivity index (χ1v) is 19.8. The highest BCUT2D eigenvalue weighted by Gasteiger charge is 2.36. The van der Waals surface area contributed by atoms with Gasteiger partial charge in [0.15, 0.2) is 12.4 Å². The van der Waals surface area contributed by atoms with Crippen LogP contribution in [0.4, 0.5) is 0 Å². The Morgan fingerprint density at radius 1 is 0.569 bits per heavy atom. The molecular weight excluding hydrogens is 744 g/mol. The first kappa shape index (κ1) is 43.1. The number of unbranched alkanes of at least 4 members (excludes halogenated alkanes) is 6. The number of benzene rings is 4. The molecular formula is C46H50O12. The van der Waals surface area contributed by atoms with E-state index in [1.54, 1.807) is 48.5 Å². The highest BCUT2D eigenvalue weighted by atomic mass is 16.6. The fourth-order valence-corrected chi connectivity index (χ4v) is 6.00. The van der Waals surface area contributed by atoms with Crippen LogP contribution in [0.15, 0.2) is 97.1 Å². The lowest BCUT2D eigenvalue weighted by molar-refractivity contribution is -0.121. The van der Waals surface area contributed by atoms with Crippen LogP contribution in [0.3, 0.4) is 0 Å². The molecule has 4 aromatic carbocycles. The molecule has 0 saturated carbocycles. The van der Waals surface area contributed by atoms with E-state index in [4.69, 9.17) is 33.2 Å². The van der Waals surface area contributed by atoms with Gasteiger partial charge in [0, 0.05) is 6.42 Å². The van der Waals surface area contributed by atoms with Gasteiger partial charge >= 0.3 is 23.9 Å². The molecule has 1 fully saturated rings. The first-order chi connectivity index (χ1) is 28.3. The molecule has 0 spiro atoms. The van der Waals surface area contributed by atoms with Crippen molar-refractivity contribution in [2.75, 3.05) is 19.8 Å². The van der Waals surface area contributed by atoms with Crippen molar-refractivity contribution in [2.45, 2.75) is 89.9 Å². The SMILES string of the molecule is CCCCCCOc1ccc(C(=O)Oc2ccc(C(=O)OC(C=O)[C@@H]3C[C@@H](OC(=O)c4ccc(OC(=O)c5ccc(OCCCCCC)cc5)cc4)CO3)cc2)cc1. The van der Waals surface area contributed by atoms with Gasteiger partial charge in [-0.15, -0.1) is 0 Å². The second kappa shape index (κ2) is 22.7. The Balaban J connectivity index is 1.03. The molecule has 12 nitrogen and oxygen atoms in total. The third-order valence-electron chi connectivity index (χ3n) is 9.32. The lowest BCUT2D eigenvalue weighted by Gasteiger charge is -2.18. The number of hydrogen-bond acceptors (Lipinski definition) is 12. The third kappa shape index (κ3) is 13.3. The van der Waals surface area contributed by atoms with Gasteiger partial charge in [0.25, 0.3) is 0 Å². The van der Waals surface area contributed by atoms with Gasteiger partial charge in [-0.05, 0) is 110 Å². The maximum absolute atomic E-state index is 12.9. The highest BCUT2D eigenvalue weighted by Crippen LogP contribution is 2.24. The van der Waals surface area contributed by atoms with Crippen molar-refractivity contribution in [2.24, 2.45) is 0 Å². The minimum absolute atomic E-state index is 0.00839. The summed E-state index contributed by atoms with van der Waals surface area (Å²) in [5, 5.41) is 0. The molecule has 0 bridgehead atoms. The quantitative estimate of drug-likeness (QED) is 0.0324. The zero-order chi connectivity index (χ0) is 41.1. The smallest absolute Gasteiger partial charge is 0.343 e. The van der Waals surface area contributed by atoms with Crippen molar-refractivity contribution in [1.82, 2.24) is 0 Å². The van der Waals surface area contributed by atoms with Gasteiger partial charge in [0.05, 0.1) is 42.1 Å². The van der Waals surface area contributed by atoms with E-state index >= 15 is 0 Å². The Morgan fingerprint density at radius 3 is 1.41 bits per heavy atom. The molecule has 1 saturated heterocycles. The molecule has 0 radical (unpaired) electrons. The number of rotatable bonds is 22. The van der Waals surface area contributed by atoms with Crippen molar-refractivity contribution in [3.63, 3.8) is 0 Å². The summed E-state index contributed by atoms with van der Waals surface area (Å²) in [5.41, 5.74) is 1.03. The summed E-state index contributed by atoms with van der Waals surface area (Å²) in [6.45, 7) is 5.53. The molecule has 3 atom stereocenters. The summed E-state index contributed by atoms with van der Waals surface area (Å²) in [6, 6.07) is 25.0. The molecule has 1 unspecified atom stereocenters. The summed E-state index contributed by atoms with van der Waals surface area (Å²) in [4.78, 5) is 63.0. The van der Waals surface area contributed by atoms with Crippen molar-refractivity contribution in [3.05, 3.63) is 119 Å². The van der Waals surface area contributed by atoms with Crippen LogP contribution in [0.2, 0.25) is 0 Å². The molecule has 0 N–H and O–H groups in total. The van der Waals surface area contributed by atoms with Crippen LogP contribution < -0.4 is 18.9 Å². The van der Waals surface area contributed by atoms with Crippen LogP contribution in [-0.2, 0) is 19.0 Å². The summed E-state index contributed by atoms with van der Waals surface area (Å²) in [7, 11) is 0. The number of carbonyl (C=O) groups excluding carboxylic acids is 5. The van der Waals surface area contributed by atoms with E-state index in [1.807, 2.05) is 0 Å². The van der Waals surface area contributed by atoms with E-state index in [0.29, 0.717) is 42.1 Å². The van der Waals surface area contributed by atoms with Crippen molar-refractivity contribution < 1.29 is 57.1 Å². The maximum atomic E-state index is 12.9. The van der Waals surface area contributed by atoms with Gasteiger partial charge in [0.1, 0.15) is 35.2 Å². The Hall–Kier alpha value is -6.01. The third-order valence-corrected chi connectivity index (χ3v) is 9.32. The number of aldehydes is 1. The van der Waals surface area contributed by atoms with Gasteiger partial charge in [0.2, 0.25) is 0 Å². The fraction of sp³-hybridized carbons (Fsp3) is 0.370. The predicted octanol–water partition coefficient (Wildman–Crippen LogP) is 8.78. The van der Waals surface area contributed by atoms with Gasteiger partial charge < -0.3 is 33.2 Å². The van der Waals surface area contributed by atoms with Crippen molar-refractivity contribution in [1.29, 1.82) is 0 Å². The molecule has 58 heavy (non-hydrogen) atoms. The lowest BCUT2D eigenvalue weighted by atomic mass is 10.1. The zero-order valence-electron chi connectivity index (χ0n) is 32.9. The summed E-state index contributed by atoms with van der Waals surface area (Å²) >= 11 is 0. The van der Waals surface area contributed by atoms with Gasteiger partial charge in [-0.2, -0.15) is 0 Å². The second-order valence-corrected chi connectivity index (χ2v) is 13.8. The van der Waals surface area contributed by atoms with E-state index in [0.717, 1.165) is 38.5 Å². The van der Waals surface area contributed by atoms with Crippen LogP contribution >= 0.6 is 0 Å². The average Bonchev–Trinajstić information content (AvgIpc) is 3.71. The van der Waals surface area contributed by atoms with Crippen LogP contribution in [0.25, 0.3) is 0 Å². The molecule has 1 heterocycles. The zero-order valence-corrected chi connectivity index (χ0v) is 32.9. The second-order valence-electron chi connectivity index (χ2n) is 13.8. The average molecular weight is 795 g/mol. The number of esters is 4. The van der Waals surface area contributed by atoms with Crippen molar-refractivity contribution in [3.8, 4) is 23.0 Å². The molecule has 1 aliphatic rings. The van der Waals surface area contributed by atoms with Crippen LogP contribution in [0.5, 0.6) is 23.0 Å². The molecule has 5 rings (SSSR count). The van der Waals surface area contributed by atoms with E-state index in [9.17, 15) is 24.0 Å². The number of hydrogen-bond donors (Lipinski definition) is 0. The van der Waals surface area contributed by atoms with Gasteiger partial charge in [-0.1, -0.05) is 52.4 Å². The molecule has 12 heteroatoms. The standard InChI is InChI=1S/C46H50O12/c1-3-5-7-9-27-52-36-19-11-32(12-20-36)43(48)55-38-23-15-34(16-24-38)45(50)57-40-29-41(54-31-40)42(30-47)58-46(51)35-17-25-39(26-18-35)56-44(49)33-13-21-37(22-14-33)53-28-10-8-6-4-2/h11-26,30,40-42H,3-10,27-29,31H2,1-2H3/t40-,41+,42?/m1/s1. The Bertz CT molecular complexity index is 1920. The van der Waals surface area contributed by atoms with Crippen molar-refractivity contribution >= 4 is 30.2 Å². The van der Waals surface area contributed by atoms with Gasteiger partial charge in [-0.25, -0.2) is 19.2 Å². The summed E-state index contributed by atoms with van der Waals surface area (Å²) < 4.78 is 39.0. The molecule has 1 aliphatic heterocycles. The normalized spacial score (nSPS) is 15.1. The molecule has 4 aromatic rings. The minimum Gasteiger partial charge on any atom is -0.494 e.